The van der Waals surface area contributed by atoms with E-state index in [0.717, 1.165) is 32.8 Å². The number of nitrogens with zero attached hydrogens (tertiary/aromatic N) is 3. The monoisotopic (exact) mass is 420 g/mol. The molecule has 1 saturated heterocycles. The fourth-order valence-electron chi connectivity index (χ4n) is 2.26. The molecule has 0 bridgehead atoms. The highest BCUT2D eigenvalue weighted by atomic mass is 79.9. The van der Waals surface area contributed by atoms with Crippen LogP contribution in [0.2, 0.25) is 0 Å². The maximum absolute atomic E-state index is 6.16. The summed E-state index contributed by atoms with van der Waals surface area (Å²) in [6.45, 7) is 3.02. The number of hydrogen-bond donors (Lipinski definition) is 1. The number of likely N-dealkylation sites (tertiary alicyclic amines) is 1. The fraction of sp³-hybridized carbons (Fsp3) is 0.500. The van der Waals surface area contributed by atoms with Crippen molar-refractivity contribution in [1.82, 2.24) is 15.0 Å². The fourth-order valence-corrected chi connectivity index (χ4v) is 4.22. The van der Waals surface area contributed by atoms with Crippen LogP contribution in [0.3, 0.4) is 0 Å². The molecular formula is C12H14Br2N4OS. The predicted octanol–water partition coefficient (Wildman–Crippen LogP) is 3.42. The lowest BCUT2D eigenvalue weighted by molar-refractivity contribution is 0.306. The Morgan fingerprint density at radius 3 is 2.80 bits per heavy atom. The first kappa shape index (κ1) is 14.6. The minimum absolute atomic E-state index is 0.197. The lowest BCUT2D eigenvalue weighted by Gasteiger charge is -2.17. The minimum atomic E-state index is -0.197. The van der Waals surface area contributed by atoms with E-state index in [-0.39, 0.29) is 6.04 Å². The van der Waals surface area contributed by atoms with E-state index in [1.165, 1.54) is 12.8 Å². The summed E-state index contributed by atoms with van der Waals surface area (Å²) in [4.78, 5) is 7.69. The van der Waals surface area contributed by atoms with Gasteiger partial charge in [-0.05, 0) is 63.9 Å². The number of nitrogens with two attached hydrogens (primary N) is 1. The molecule has 5 nitrogen and oxygen atoms in total. The highest BCUT2D eigenvalue weighted by Gasteiger charge is 2.21. The quantitative estimate of drug-likeness (QED) is 0.818. The first-order valence-corrected chi connectivity index (χ1v) is 8.80. The van der Waals surface area contributed by atoms with E-state index < -0.39 is 0 Å². The van der Waals surface area contributed by atoms with Crippen molar-refractivity contribution >= 4 is 43.2 Å². The van der Waals surface area contributed by atoms with Crippen LogP contribution >= 0.6 is 43.2 Å². The molecule has 1 aliphatic rings. The molecule has 1 unspecified atom stereocenters. The second-order valence-electron chi connectivity index (χ2n) is 4.80. The van der Waals surface area contributed by atoms with Gasteiger partial charge >= 0.3 is 0 Å². The van der Waals surface area contributed by atoms with E-state index in [9.17, 15) is 0 Å². The van der Waals surface area contributed by atoms with Gasteiger partial charge in [0.15, 0.2) is 5.82 Å². The molecule has 2 aromatic rings. The summed E-state index contributed by atoms with van der Waals surface area (Å²) >= 11 is 8.46. The summed E-state index contributed by atoms with van der Waals surface area (Å²) in [6.07, 6.45) is 2.50. The normalized spacial score (nSPS) is 17.8. The first-order valence-electron chi connectivity index (χ1n) is 6.40. The molecule has 20 heavy (non-hydrogen) atoms. The Bertz CT molecular complexity index is 575. The maximum Gasteiger partial charge on any atom is 0.268 e. The largest absolute Gasteiger partial charge is 0.333 e. The van der Waals surface area contributed by atoms with E-state index in [4.69, 9.17) is 10.3 Å². The SMILES string of the molecule is NC(CN1CCCC1)c1noc(-c2cc(Br)c(Br)s2)n1. The molecule has 0 saturated carbocycles. The summed E-state index contributed by atoms with van der Waals surface area (Å²) in [6, 6.07) is 1.76. The van der Waals surface area contributed by atoms with Crippen molar-refractivity contribution in [2.24, 2.45) is 5.73 Å². The molecule has 1 atom stereocenters. The van der Waals surface area contributed by atoms with Gasteiger partial charge in [-0.15, -0.1) is 11.3 Å². The highest BCUT2D eigenvalue weighted by molar-refractivity contribution is 9.13. The highest BCUT2D eigenvalue weighted by Crippen LogP contribution is 2.37. The van der Waals surface area contributed by atoms with Crippen molar-refractivity contribution in [3.8, 4) is 10.8 Å². The molecule has 0 aliphatic carbocycles. The molecule has 108 valence electrons. The van der Waals surface area contributed by atoms with E-state index in [0.29, 0.717) is 11.7 Å². The van der Waals surface area contributed by atoms with E-state index in [2.05, 4.69) is 46.9 Å². The van der Waals surface area contributed by atoms with Crippen LogP contribution in [0.4, 0.5) is 0 Å². The van der Waals surface area contributed by atoms with Crippen LogP contribution in [-0.2, 0) is 0 Å². The average molecular weight is 422 g/mol. The first-order chi connectivity index (χ1) is 9.63. The van der Waals surface area contributed by atoms with Gasteiger partial charge in [0.2, 0.25) is 0 Å². The zero-order valence-corrected chi connectivity index (χ0v) is 14.7. The summed E-state index contributed by atoms with van der Waals surface area (Å²) in [5.41, 5.74) is 6.16. The third kappa shape index (κ3) is 3.14. The molecule has 8 heteroatoms. The summed E-state index contributed by atoms with van der Waals surface area (Å²) in [5.74, 6) is 1.10. The van der Waals surface area contributed by atoms with Gasteiger partial charge in [-0.3, -0.25) is 0 Å². The van der Waals surface area contributed by atoms with Crippen LogP contribution in [0.15, 0.2) is 18.8 Å². The zero-order chi connectivity index (χ0) is 14.1. The van der Waals surface area contributed by atoms with Crippen LogP contribution in [0.25, 0.3) is 10.8 Å². The van der Waals surface area contributed by atoms with Crippen molar-refractivity contribution in [1.29, 1.82) is 0 Å². The second kappa shape index (κ2) is 6.23. The molecule has 1 fully saturated rings. The summed E-state index contributed by atoms with van der Waals surface area (Å²) in [5, 5.41) is 4.01. The Morgan fingerprint density at radius 2 is 2.15 bits per heavy atom. The Morgan fingerprint density at radius 1 is 1.40 bits per heavy atom. The molecule has 0 aromatic carbocycles. The summed E-state index contributed by atoms with van der Waals surface area (Å²) < 4.78 is 7.31. The Labute approximate surface area is 137 Å². The van der Waals surface area contributed by atoms with Gasteiger partial charge in [-0.2, -0.15) is 4.98 Å². The van der Waals surface area contributed by atoms with Crippen LogP contribution < -0.4 is 5.73 Å². The molecule has 3 heterocycles. The van der Waals surface area contributed by atoms with Crippen molar-refractivity contribution in [3.05, 3.63) is 20.1 Å². The van der Waals surface area contributed by atoms with E-state index in [1.807, 2.05) is 6.07 Å². The van der Waals surface area contributed by atoms with Crippen LogP contribution in [0, 0.1) is 0 Å². The van der Waals surface area contributed by atoms with Crippen LogP contribution in [0.5, 0.6) is 0 Å². The zero-order valence-electron chi connectivity index (χ0n) is 10.7. The Balaban J connectivity index is 1.72. The number of aromatic nitrogens is 2. The number of halogens is 2. The predicted molar refractivity (Wildman–Crippen MR) is 85.6 cm³/mol. The standard InChI is InChI=1S/C12H14Br2N4OS/c13-7-5-9(20-10(7)14)12-16-11(17-19-12)8(15)6-18-3-1-2-4-18/h5,8H,1-4,6,15H2. The van der Waals surface area contributed by atoms with Crippen molar-refractivity contribution in [2.45, 2.75) is 18.9 Å². The van der Waals surface area contributed by atoms with Crippen LogP contribution in [0.1, 0.15) is 24.7 Å². The minimum Gasteiger partial charge on any atom is -0.333 e. The van der Waals surface area contributed by atoms with Gasteiger partial charge in [-0.25, -0.2) is 0 Å². The summed E-state index contributed by atoms with van der Waals surface area (Å²) in [7, 11) is 0. The second-order valence-corrected chi connectivity index (χ2v) is 8.03. The topological polar surface area (TPSA) is 68.2 Å². The number of hydrogen-bond acceptors (Lipinski definition) is 6. The average Bonchev–Trinajstić information content (AvgIpc) is 3.12. The Hall–Kier alpha value is -0.280. The lowest BCUT2D eigenvalue weighted by Crippen LogP contribution is -2.30. The van der Waals surface area contributed by atoms with Gasteiger partial charge in [-0.1, -0.05) is 5.16 Å². The van der Waals surface area contributed by atoms with Crippen molar-refractivity contribution in [2.75, 3.05) is 19.6 Å². The van der Waals surface area contributed by atoms with Gasteiger partial charge in [0.05, 0.1) is 14.7 Å². The van der Waals surface area contributed by atoms with E-state index >= 15 is 0 Å². The lowest BCUT2D eigenvalue weighted by atomic mass is 10.3. The van der Waals surface area contributed by atoms with Crippen LogP contribution in [-0.4, -0.2) is 34.7 Å². The van der Waals surface area contributed by atoms with Gasteiger partial charge in [0.25, 0.3) is 5.89 Å². The molecule has 0 radical (unpaired) electrons. The third-order valence-corrected chi connectivity index (χ3v) is 6.53. The van der Waals surface area contributed by atoms with Gasteiger partial charge < -0.3 is 15.2 Å². The Kier molecular flexibility index (Phi) is 4.56. The number of rotatable bonds is 4. The smallest absolute Gasteiger partial charge is 0.268 e. The number of thiophene rings is 1. The van der Waals surface area contributed by atoms with E-state index in [1.54, 1.807) is 11.3 Å². The van der Waals surface area contributed by atoms with Crippen molar-refractivity contribution in [3.63, 3.8) is 0 Å². The molecular weight excluding hydrogens is 408 g/mol. The molecule has 2 N–H and O–H groups in total. The molecule has 0 amide bonds. The molecule has 0 spiro atoms. The maximum atomic E-state index is 6.16. The van der Waals surface area contributed by atoms with Gasteiger partial charge in [0, 0.05) is 11.0 Å². The van der Waals surface area contributed by atoms with Crippen molar-refractivity contribution < 1.29 is 4.52 Å². The molecule has 1 aliphatic heterocycles. The third-order valence-electron chi connectivity index (χ3n) is 3.28. The van der Waals surface area contributed by atoms with Gasteiger partial charge in [0.1, 0.15) is 0 Å². The molecule has 2 aromatic heterocycles. The molecule has 3 rings (SSSR count).